The van der Waals surface area contributed by atoms with Crippen molar-refractivity contribution in [2.24, 2.45) is 0 Å². The molecule has 4 rings (SSSR count). The van der Waals surface area contributed by atoms with Crippen molar-refractivity contribution in [1.29, 1.82) is 0 Å². The van der Waals surface area contributed by atoms with E-state index in [1.54, 1.807) is 0 Å². The minimum Gasteiger partial charge on any atom is -0.377 e. The minimum absolute atomic E-state index is 0.165. The monoisotopic (exact) mass is 353 g/mol. The van der Waals surface area contributed by atoms with Crippen molar-refractivity contribution in [3.63, 3.8) is 0 Å². The lowest BCUT2D eigenvalue weighted by Crippen LogP contribution is -2.48. The molecule has 2 aliphatic rings. The predicted molar refractivity (Wildman–Crippen MR) is 88.3 cm³/mol. The lowest BCUT2D eigenvalue weighted by Gasteiger charge is -2.35. The summed E-state index contributed by atoms with van der Waals surface area (Å²) < 4.78 is 12.6. The fourth-order valence-corrected chi connectivity index (χ4v) is 3.44. The van der Waals surface area contributed by atoms with Gasteiger partial charge in [0.15, 0.2) is 22.6 Å². The van der Waals surface area contributed by atoms with Gasteiger partial charge in [0.1, 0.15) is 5.82 Å². The average molecular weight is 354 g/mol. The summed E-state index contributed by atoms with van der Waals surface area (Å²) in [5, 5.41) is 10.9. The van der Waals surface area contributed by atoms with Crippen molar-refractivity contribution in [2.75, 3.05) is 37.9 Å². The van der Waals surface area contributed by atoms with Crippen LogP contribution in [0.25, 0.3) is 11.2 Å². The third-order valence-corrected chi connectivity index (χ3v) is 4.77. The second-order valence-corrected chi connectivity index (χ2v) is 6.65. The molecule has 0 radical (unpaired) electrons. The van der Waals surface area contributed by atoms with E-state index in [2.05, 4.69) is 21.8 Å². The molecule has 0 aliphatic carbocycles. The molecule has 24 heavy (non-hydrogen) atoms. The van der Waals surface area contributed by atoms with Gasteiger partial charge in [-0.25, -0.2) is 4.98 Å². The second kappa shape index (κ2) is 5.80. The highest BCUT2D eigenvalue weighted by molar-refractivity contribution is 6.28. The van der Waals surface area contributed by atoms with Gasteiger partial charge in [-0.15, -0.1) is 0 Å². The largest absolute Gasteiger partial charge is 0.377 e. The fraction of sp³-hybridized carbons (Fsp3) is 0.667. The molecule has 4 heterocycles. The van der Waals surface area contributed by atoms with Crippen LogP contribution in [0.2, 0.25) is 5.28 Å². The third-order valence-electron chi connectivity index (χ3n) is 4.60. The second-order valence-electron chi connectivity index (χ2n) is 6.31. The van der Waals surface area contributed by atoms with Gasteiger partial charge in [0, 0.05) is 13.1 Å². The van der Waals surface area contributed by atoms with E-state index in [0.717, 1.165) is 0 Å². The fourth-order valence-electron chi connectivity index (χ4n) is 3.28. The quantitative estimate of drug-likeness (QED) is 0.822. The Labute approximate surface area is 144 Å². The Bertz CT molecular complexity index is 776. The van der Waals surface area contributed by atoms with E-state index in [9.17, 15) is 5.11 Å². The van der Waals surface area contributed by atoms with E-state index in [0.29, 0.717) is 49.1 Å². The molecule has 0 bridgehead atoms. The summed E-state index contributed by atoms with van der Waals surface area (Å²) in [4.78, 5) is 15.6. The Balaban J connectivity index is 1.91. The number of hydrogen-bond donors (Lipinski definition) is 1. The number of ether oxygens (including phenoxy) is 2. The number of imidazole rings is 1. The van der Waals surface area contributed by atoms with Crippen LogP contribution < -0.4 is 4.90 Å². The van der Waals surface area contributed by atoms with Crippen LogP contribution in [0.15, 0.2) is 0 Å². The number of rotatable bonds is 3. The lowest BCUT2D eigenvalue weighted by molar-refractivity contribution is -0.190. The number of aryl methyl sites for hydroxylation is 1. The number of aromatic nitrogens is 4. The zero-order valence-electron chi connectivity index (χ0n) is 13.7. The molecule has 2 aliphatic heterocycles. The predicted octanol–water partition coefficient (Wildman–Crippen LogP) is 0.942. The molecular formula is C15H20ClN5O3. The van der Waals surface area contributed by atoms with E-state index in [-0.39, 0.29) is 24.5 Å². The molecular weight excluding hydrogens is 334 g/mol. The van der Waals surface area contributed by atoms with Gasteiger partial charge in [0.2, 0.25) is 5.28 Å². The molecule has 2 aromatic heterocycles. The Hall–Kier alpha value is -1.48. The summed E-state index contributed by atoms with van der Waals surface area (Å²) in [5.41, 5.74) is 0.226. The Morgan fingerprint density at radius 3 is 2.71 bits per heavy atom. The number of aliphatic hydroxyl groups is 1. The molecule has 1 N–H and O–H groups in total. The average Bonchev–Trinajstić information content (AvgIpc) is 2.91. The van der Waals surface area contributed by atoms with Gasteiger partial charge in [-0.2, -0.15) is 9.97 Å². The number of halogens is 1. The highest BCUT2D eigenvalue weighted by atomic mass is 35.5. The van der Waals surface area contributed by atoms with Crippen molar-refractivity contribution < 1.29 is 14.6 Å². The van der Waals surface area contributed by atoms with Crippen molar-refractivity contribution in [3.05, 3.63) is 11.1 Å². The molecule has 0 aromatic carbocycles. The van der Waals surface area contributed by atoms with Gasteiger partial charge in [0.05, 0.1) is 32.5 Å². The summed E-state index contributed by atoms with van der Waals surface area (Å²) in [7, 11) is 0. The smallest absolute Gasteiger partial charge is 0.226 e. The van der Waals surface area contributed by atoms with Crippen LogP contribution in [0.5, 0.6) is 0 Å². The van der Waals surface area contributed by atoms with E-state index in [1.165, 1.54) is 0 Å². The first-order chi connectivity index (χ1) is 11.5. The molecule has 9 heteroatoms. The summed E-state index contributed by atoms with van der Waals surface area (Å²) in [6, 6.07) is 0.165. The van der Waals surface area contributed by atoms with E-state index >= 15 is 0 Å². The first kappa shape index (κ1) is 16.0. The highest BCUT2D eigenvalue weighted by Gasteiger charge is 2.43. The molecule has 2 fully saturated rings. The molecule has 0 spiro atoms. The molecule has 130 valence electrons. The zero-order valence-corrected chi connectivity index (χ0v) is 14.5. The number of nitrogens with zero attached hydrogens (tertiary/aromatic N) is 5. The number of morpholine rings is 1. The number of hydrogen-bond acceptors (Lipinski definition) is 7. The maximum absolute atomic E-state index is 10.7. The topological polar surface area (TPSA) is 85.5 Å². The maximum Gasteiger partial charge on any atom is 0.226 e. The standard InChI is InChI=1S/C15H20ClN5O3/c1-3-20-11-10(17-13(20)15(22)7-24-8-15)12(19-14(16)18-11)21-4-5-23-6-9(21)2/h9,22H,3-8H2,1-2H3. The van der Waals surface area contributed by atoms with Crippen LogP contribution in [-0.4, -0.2) is 63.6 Å². The molecule has 0 amide bonds. The molecule has 0 saturated carbocycles. The van der Waals surface area contributed by atoms with Crippen LogP contribution in [0, 0.1) is 0 Å². The molecule has 1 atom stereocenters. The highest BCUT2D eigenvalue weighted by Crippen LogP contribution is 2.34. The van der Waals surface area contributed by atoms with E-state index in [4.69, 9.17) is 26.1 Å². The van der Waals surface area contributed by atoms with Crippen LogP contribution in [0.1, 0.15) is 19.7 Å². The van der Waals surface area contributed by atoms with Crippen molar-refractivity contribution in [2.45, 2.75) is 32.0 Å². The Morgan fingerprint density at radius 2 is 2.08 bits per heavy atom. The first-order valence-electron chi connectivity index (χ1n) is 8.12. The SMILES string of the molecule is CCn1c(C2(O)COC2)nc2c(N3CCOCC3C)nc(Cl)nc21. The summed E-state index contributed by atoms with van der Waals surface area (Å²) >= 11 is 6.18. The van der Waals surface area contributed by atoms with Crippen LogP contribution in [-0.2, 0) is 21.6 Å². The van der Waals surface area contributed by atoms with Gasteiger partial charge in [-0.05, 0) is 25.4 Å². The van der Waals surface area contributed by atoms with Crippen molar-refractivity contribution >= 4 is 28.6 Å². The number of anilines is 1. The Kier molecular flexibility index (Phi) is 3.87. The number of fused-ring (bicyclic) bond motifs is 1. The lowest BCUT2D eigenvalue weighted by atomic mass is 10.0. The minimum atomic E-state index is -1.07. The normalized spacial score (nSPS) is 23.5. The van der Waals surface area contributed by atoms with Crippen LogP contribution in [0.3, 0.4) is 0 Å². The van der Waals surface area contributed by atoms with Crippen molar-refractivity contribution in [1.82, 2.24) is 19.5 Å². The van der Waals surface area contributed by atoms with E-state index in [1.807, 2.05) is 11.5 Å². The summed E-state index contributed by atoms with van der Waals surface area (Å²) in [6.07, 6.45) is 0. The van der Waals surface area contributed by atoms with E-state index < -0.39 is 5.60 Å². The maximum atomic E-state index is 10.7. The van der Waals surface area contributed by atoms with Gasteiger partial charge in [-0.1, -0.05) is 0 Å². The molecule has 1 unspecified atom stereocenters. The zero-order chi connectivity index (χ0) is 16.9. The summed E-state index contributed by atoms with van der Waals surface area (Å²) in [6.45, 7) is 7.13. The summed E-state index contributed by atoms with van der Waals surface area (Å²) in [5.74, 6) is 1.25. The van der Waals surface area contributed by atoms with Gasteiger partial charge >= 0.3 is 0 Å². The van der Waals surface area contributed by atoms with Crippen LogP contribution in [0.4, 0.5) is 5.82 Å². The Morgan fingerprint density at radius 1 is 1.29 bits per heavy atom. The third kappa shape index (κ3) is 2.36. The first-order valence-corrected chi connectivity index (χ1v) is 8.50. The van der Waals surface area contributed by atoms with Gasteiger partial charge < -0.3 is 24.0 Å². The van der Waals surface area contributed by atoms with Gasteiger partial charge in [-0.3, -0.25) is 0 Å². The van der Waals surface area contributed by atoms with Crippen LogP contribution >= 0.6 is 11.6 Å². The van der Waals surface area contributed by atoms with Crippen molar-refractivity contribution in [3.8, 4) is 0 Å². The molecule has 2 aromatic rings. The molecule has 8 nitrogen and oxygen atoms in total. The molecule has 2 saturated heterocycles. The van der Waals surface area contributed by atoms with Gasteiger partial charge in [0.25, 0.3) is 0 Å².